The summed E-state index contributed by atoms with van der Waals surface area (Å²) in [6.45, 7) is 2.97. The summed E-state index contributed by atoms with van der Waals surface area (Å²) in [6.07, 6.45) is 2.50. The van der Waals surface area contributed by atoms with E-state index in [0.717, 1.165) is 17.7 Å². The average Bonchev–Trinajstić information content (AvgIpc) is 3.54. The zero-order chi connectivity index (χ0) is 22.9. The quantitative estimate of drug-likeness (QED) is 0.374. The minimum absolute atomic E-state index is 0.0349. The number of phenolic OH excluding ortho intramolecular Hbond substituents is 1. The molecule has 1 aliphatic rings. The number of fused-ring (bicyclic) bond motifs is 1. The van der Waals surface area contributed by atoms with Gasteiger partial charge in [0.25, 0.3) is 5.91 Å². The van der Waals surface area contributed by atoms with Crippen LogP contribution in [0.4, 0.5) is 0 Å². The highest BCUT2D eigenvalue weighted by Gasteiger charge is 2.42. The van der Waals surface area contributed by atoms with Gasteiger partial charge in [-0.1, -0.05) is 30.7 Å². The first-order valence-corrected chi connectivity index (χ1v) is 11.1. The van der Waals surface area contributed by atoms with Crippen molar-refractivity contribution in [3.63, 3.8) is 0 Å². The smallest absolute Gasteiger partial charge is 0.273 e. The van der Waals surface area contributed by atoms with Crippen LogP contribution in [0, 0.1) is 0 Å². The zero-order valence-electron chi connectivity index (χ0n) is 17.9. The van der Waals surface area contributed by atoms with Gasteiger partial charge < -0.3 is 19.2 Å². The fourth-order valence-electron chi connectivity index (χ4n) is 4.15. The van der Waals surface area contributed by atoms with Gasteiger partial charge >= 0.3 is 0 Å². The predicted octanol–water partition coefficient (Wildman–Crippen LogP) is 5.56. The van der Waals surface area contributed by atoms with Gasteiger partial charge in [0.1, 0.15) is 28.6 Å². The topological polar surface area (TPSA) is 91.6 Å². The third-order valence-electron chi connectivity index (χ3n) is 5.65. The number of nitrogens with one attached hydrogen (secondary N) is 1. The minimum Gasteiger partial charge on any atom is -0.507 e. The van der Waals surface area contributed by atoms with Crippen molar-refractivity contribution in [2.75, 3.05) is 6.61 Å². The molecule has 4 aromatic rings. The van der Waals surface area contributed by atoms with Crippen molar-refractivity contribution >= 4 is 17.5 Å². The number of nitrogens with zero attached hydrogens (tertiary/aromatic N) is 2. The van der Waals surface area contributed by atoms with Crippen LogP contribution in [0.1, 0.15) is 46.8 Å². The van der Waals surface area contributed by atoms with Gasteiger partial charge in [-0.25, -0.2) is 0 Å². The average molecular weight is 464 g/mol. The Hall–Kier alpha value is -3.71. The lowest BCUT2D eigenvalue weighted by molar-refractivity contribution is 0.0717. The van der Waals surface area contributed by atoms with E-state index >= 15 is 0 Å². The Kier molecular flexibility index (Phi) is 5.56. The molecule has 3 heterocycles. The molecule has 2 aromatic carbocycles. The number of aromatic nitrogens is 2. The number of furan rings is 1. The van der Waals surface area contributed by atoms with E-state index in [-0.39, 0.29) is 18.2 Å². The molecule has 1 unspecified atom stereocenters. The van der Waals surface area contributed by atoms with Crippen LogP contribution in [0.3, 0.4) is 0 Å². The Labute approximate surface area is 195 Å². The van der Waals surface area contributed by atoms with Gasteiger partial charge in [-0.2, -0.15) is 5.10 Å². The lowest BCUT2D eigenvalue weighted by atomic mass is 9.95. The molecule has 5 rings (SSSR count). The summed E-state index contributed by atoms with van der Waals surface area (Å²) in [6, 6.07) is 15.6. The largest absolute Gasteiger partial charge is 0.507 e. The van der Waals surface area contributed by atoms with Crippen LogP contribution >= 0.6 is 11.6 Å². The summed E-state index contributed by atoms with van der Waals surface area (Å²) >= 11 is 6.20. The van der Waals surface area contributed by atoms with Crippen LogP contribution in [0.25, 0.3) is 11.3 Å². The summed E-state index contributed by atoms with van der Waals surface area (Å²) in [5.41, 5.74) is 2.90. The molecule has 33 heavy (non-hydrogen) atoms. The van der Waals surface area contributed by atoms with E-state index in [4.69, 9.17) is 20.8 Å². The number of rotatable bonds is 7. The van der Waals surface area contributed by atoms with E-state index in [9.17, 15) is 9.90 Å². The molecule has 2 N–H and O–H groups in total. The first-order chi connectivity index (χ1) is 16.1. The van der Waals surface area contributed by atoms with Gasteiger partial charge in [-0.05, 0) is 54.4 Å². The van der Waals surface area contributed by atoms with Gasteiger partial charge in [0.05, 0.1) is 25.5 Å². The number of aromatic amines is 1. The van der Waals surface area contributed by atoms with Gasteiger partial charge in [-0.15, -0.1) is 0 Å². The van der Waals surface area contributed by atoms with E-state index in [2.05, 4.69) is 17.1 Å². The van der Waals surface area contributed by atoms with Gasteiger partial charge in [-0.3, -0.25) is 9.89 Å². The lowest BCUT2D eigenvalue weighted by Gasteiger charge is -2.26. The van der Waals surface area contributed by atoms with Crippen LogP contribution in [0.15, 0.2) is 65.3 Å². The van der Waals surface area contributed by atoms with Crippen molar-refractivity contribution in [2.45, 2.75) is 25.9 Å². The predicted molar refractivity (Wildman–Crippen MR) is 123 cm³/mol. The number of aromatic hydroxyl groups is 1. The van der Waals surface area contributed by atoms with Crippen molar-refractivity contribution in [2.24, 2.45) is 0 Å². The van der Waals surface area contributed by atoms with E-state index in [1.54, 1.807) is 29.4 Å². The molecule has 0 saturated carbocycles. The molecule has 1 aliphatic heterocycles. The van der Waals surface area contributed by atoms with Gasteiger partial charge in [0, 0.05) is 16.1 Å². The van der Waals surface area contributed by atoms with E-state index < -0.39 is 6.04 Å². The standard InChI is InChI=1S/C25H22ClN3O4/c1-2-11-32-17-8-5-15(6-9-17)24-21-22(19-13-16(26)7-10-20(19)30)27-28-23(21)25(31)29(24)14-18-4-3-12-33-18/h3-10,12-13,24,30H,2,11,14H2,1H3,(H,27,28). The van der Waals surface area contributed by atoms with Crippen LogP contribution in [-0.2, 0) is 6.54 Å². The lowest BCUT2D eigenvalue weighted by Crippen LogP contribution is -2.28. The second-order valence-electron chi connectivity index (χ2n) is 7.85. The monoisotopic (exact) mass is 463 g/mol. The van der Waals surface area contributed by atoms with Crippen molar-refractivity contribution in [3.05, 3.63) is 88.5 Å². The normalized spacial score (nSPS) is 15.2. The Morgan fingerprint density at radius 3 is 2.76 bits per heavy atom. The number of amides is 1. The minimum atomic E-state index is -0.440. The SMILES string of the molecule is CCCOc1ccc(C2c3c(-c4cc(Cl)ccc4O)n[nH]c3C(=O)N2Cc2ccco2)cc1. The van der Waals surface area contributed by atoms with Crippen molar-refractivity contribution < 1.29 is 19.1 Å². The summed E-state index contributed by atoms with van der Waals surface area (Å²) in [5.74, 6) is 1.27. The fourth-order valence-corrected chi connectivity index (χ4v) is 4.32. The maximum atomic E-state index is 13.4. The third kappa shape index (κ3) is 3.85. The molecular formula is C25H22ClN3O4. The first-order valence-electron chi connectivity index (χ1n) is 10.7. The highest BCUT2D eigenvalue weighted by Crippen LogP contribution is 2.45. The highest BCUT2D eigenvalue weighted by molar-refractivity contribution is 6.31. The Bertz CT molecular complexity index is 1280. The molecule has 0 radical (unpaired) electrons. The zero-order valence-corrected chi connectivity index (χ0v) is 18.7. The van der Waals surface area contributed by atoms with E-state index in [1.807, 2.05) is 30.3 Å². The number of carbonyl (C=O) groups excluding carboxylic acids is 1. The number of benzene rings is 2. The number of hydrogen-bond acceptors (Lipinski definition) is 5. The number of ether oxygens (including phenoxy) is 1. The summed E-state index contributed by atoms with van der Waals surface area (Å²) in [4.78, 5) is 15.1. The van der Waals surface area contributed by atoms with Crippen molar-refractivity contribution in [1.82, 2.24) is 15.1 Å². The Morgan fingerprint density at radius 2 is 2.03 bits per heavy atom. The maximum absolute atomic E-state index is 13.4. The Morgan fingerprint density at radius 1 is 1.21 bits per heavy atom. The molecule has 2 aromatic heterocycles. The number of H-pyrrole nitrogens is 1. The van der Waals surface area contributed by atoms with Crippen LogP contribution in [0.2, 0.25) is 5.02 Å². The maximum Gasteiger partial charge on any atom is 0.273 e. The molecule has 0 bridgehead atoms. The first kappa shape index (κ1) is 21.2. The van der Waals surface area contributed by atoms with Crippen LogP contribution in [-0.4, -0.2) is 32.7 Å². The fraction of sp³-hybridized carbons (Fsp3) is 0.200. The molecule has 8 heteroatoms. The molecule has 168 valence electrons. The van der Waals surface area contributed by atoms with Crippen LogP contribution < -0.4 is 4.74 Å². The number of hydrogen-bond donors (Lipinski definition) is 2. The molecule has 1 amide bonds. The molecule has 0 aliphatic carbocycles. The van der Waals surface area contributed by atoms with Crippen LogP contribution in [0.5, 0.6) is 11.5 Å². The van der Waals surface area contributed by atoms with Gasteiger partial charge in [0.15, 0.2) is 0 Å². The number of halogens is 1. The second-order valence-corrected chi connectivity index (χ2v) is 8.29. The molecule has 7 nitrogen and oxygen atoms in total. The van der Waals surface area contributed by atoms with Crippen molar-refractivity contribution in [1.29, 1.82) is 0 Å². The molecule has 1 atom stereocenters. The van der Waals surface area contributed by atoms with Crippen molar-refractivity contribution in [3.8, 4) is 22.8 Å². The summed E-state index contributed by atoms with van der Waals surface area (Å²) in [5, 5.41) is 18.2. The Balaban J connectivity index is 1.62. The van der Waals surface area contributed by atoms with Gasteiger partial charge in [0.2, 0.25) is 0 Å². The second kappa shape index (κ2) is 8.67. The number of carbonyl (C=O) groups is 1. The van der Waals surface area contributed by atoms with E-state index in [1.165, 1.54) is 6.07 Å². The molecule has 0 saturated heterocycles. The molecule has 0 fully saturated rings. The highest BCUT2D eigenvalue weighted by atomic mass is 35.5. The molecule has 0 spiro atoms. The van der Waals surface area contributed by atoms with E-state index in [0.29, 0.717) is 39.9 Å². The summed E-state index contributed by atoms with van der Waals surface area (Å²) < 4.78 is 11.2. The third-order valence-corrected chi connectivity index (χ3v) is 5.89. The number of phenols is 1. The summed E-state index contributed by atoms with van der Waals surface area (Å²) in [7, 11) is 0. The molecular weight excluding hydrogens is 442 g/mol.